The first kappa shape index (κ1) is 20.5. The molecule has 8 nitrogen and oxygen atoms in total. The van der Waals surface area contributed by atoms with Gasteiger partial charge < -0.3 is 19.7 Å². The number of anilines is 1. The van der Waals surface area contributed by atoms with E-state index in [0.717, 1.165) is 0 Å². The van der Waals surface area contributed by atoms with Crippen LogP contribution in [-0.4, -0.2) is 49.6 Å². The van der Waals surface area contributed by atoms with Gasteiger partial charge in [0.15, 0.2) is 0 Å². The van der Waals surface area contributed by atoms with E-state index in [1.54, 1.807) is 19.2 Å². The van der Waals surface area contributed by atoms with Crippen LogP contribution in [0.2, 0.25) is 0 Å². The first-order valence-electron chi connectivity index (χ1n) is 10.0. The molecule has 2 aliphatic rings. The van der Waals surface area contributed by atoms with Gasteiger partial charge in [-0.2, -0.15) is 0 Å². The average molecular weight is 421 g/mol. The number of benzene rings is 2. The van der Waals surface area contributed by atoms with Gasteiger partial charge in [0.05, 0.1) is 23.9 Å². The van der Waals surface area contributed by atoms with Crippen molar-refractivity contribution in [3.63, 3.8) is 0 Å². The zero-order valence-electron chi connectivity index (χ0n) is 17.3. The van der Waals surface area contributed by atoms with Crippen LogP contribution in [-0.2, 0) is 14.3 Å². The number of cyclic esters (lactones) is 1. The summed E-state index contributed by atoms with van der Waals surface area (Å²) in [5.74, 6) is -0.226. The Labute approximate surface area is 180 Å². The molecule has 1 atom stereocenters. The van der Waals surface area contributed by atoms with Crippen molar-refractivity contribution < 1.29 is 23.9 Å². The predicted molar refractivity (Wildman–Crippen MR) is 113 cm³/mol. The summed E-state index contributed by atoms with van der Waals surface area (Å²) in [5, 5.41) is 2.85. The van der Waals surface area contributed by atoms with Gasteiger partial charge in [0.25, 0.3) is 0 Å². The zero-order valence-corrected chi connectivity index (χ0v) is 17.3. The lowest BCUT2D eigenvalue weighted by molar-refractivity contribution is -0.136. The average Bonchev–Trinajstić information content (AvgIpc) is 3.17. The monoisotopic (exact) mass is 421 g/mol. The van der Waals surface area contributed by atoms with Gasteiger partial charge in [0.1, 0.15) is 18.9 Å². The van der Waals surface area contributed by atoms with Crippen molar-refractivity contribution in [2.45, 2.75) is 13.0 Å². The van der Waals surface area contributed by atoms with E-state index < -0.39 is 18.0 Å². The predicted octanol–water partition coefficient (Wildman–Crippen LogP) is 2.63. The molecule has 0 spiro atoms. The van der Waals surface area contributed by atoms with Crippen molar-refractivity contribution in [2.75, 3.05) is 31.7 Å². The lowest BCUT2D eigenvalue weighted by Crippen LogP contribution is -2.50. The van der Waals surface area contributed by atoms with E-state index in [4.69, 9.17) is 9.47 Å². The third-order valence-electron chi connectivity index (χ3n) is 5.34. The number of rotatable bonds is 6. The van der Waals surface area contributed by atoms with Crippen molar-refractivity contribution in [2.24, 2.45) is 0 Å². The maximum atomic E-state index is 13.0. The topological polar surface area (TPSA) is 88.2 Å². The first-order chi connectivity index (χ1) is 15.0. The second-order valence-electron chi connectivity index (χ2n) is 7.16. The highest BCUT2D eigenvalue weighted by Crippen LogP contribution is 2.38. The number of hydrogen-bond donors (Lipinski definition) is 1. The summed E-state index contributed by atoms with van der Waals surface area (Å²) in [6.07, 6.45) is 0. The molecule has 0 saturated heterocycles. The van der Waals surface area contributed by atoms with Gasteiger partial charge in [-0.3, -0.25) is 9.69 Å². The Morgan fingerprint density at radius 1 is 1.16 bits per heavy atom. The number of ether oxygens (including phenoxy) is 2. The number of esters is 1. The fraction of sp³-hybridized carbons (Fsp3) is 0.261. The Balaban J connectivity index is 1.65. The maximum Gasteiger partial charge on any atom is 0.338 e. The van der Waals surface area contributed by atoms with Crippen molar-refractivity contribution in [1.29, 1.82) is 0 Å². The SMILES string of the molecule is CCOc1ccccc1C1NC(=O)N(CC(=O)N(C)c2ccccc2)C2=C1C(=O)OC2. The Hall–Kier alpha value is -3.81. The van der Waals surface area contributed by atoms with E-state index >= 15 is 0 Å². The van der Waals surface area contributed by atoms with Crippen molar-refractivity contribution in [3.8, 4) is 5.75 Å². The van der Waals surface area contributed by atoms with Gasteiger partial charge in [-0.05, 0) is 25.1 Å². The molecule has 0 fully saturated rings. The molecular formula is C23H23N3O5. The number of hydrogen-bond acceptors (Lipinski definition) is 5. The Morgan fingerprint density at radius 2 is 1.87 bits per heavy atom. The quantitative estimate of drug-likeness (QED) is 0.725. The molecule has 4 rings (SSSR count). The van der Waals surface area contributed by atoms with Gasteiger partial charge in [0.2, 0.25) is 5.91 Å². The van der Waals surface area contributed by atoms with Crippen molar-refractivity contribution >= 4 is 23.6 Å². The first-order valence-corrected chi connectivity index (χ1v) is 10.0. The van der Waals surface area contributed by atoms with Crippen LogP contribution in [0.25, 0.3) is 0 Å². The number of likely N-dealkylation sites (N-methyl/N-ethyl adjacent to an activating group) is 1. The molecule has 3 amide bonds. The van der Waals surface area contributed by atoms with Crippen LogP contribution in [0.15, 0.2) is 65.9 Å². The van der Waals surface area contributed by atoms with E-state index in [2.05, 4.69) is 5.32 Å². The number of amides is 3. The Morgan fingerprint density at radius 3 is 2.61 bits per heavy atom. The van der Waals surface area contributed by atoms with E-state index in [0.29, 0.717) is 34.9 Å². The van der Waals surface area contributed by atoms with Gasteiger partial charge in [-0.15, -0.1) is 0 Å². The lowest BCUT2D eigenvalue weighted by atomic mass is 9.95. The summed E-state index contributed by atoms with van der Waals surface area (Å²) in [6, 6.07) is 15.2. The summed E-state index contributed by atoms with van der Waals surface area (Å²) in [6.45, 7) is 2.03. The van der Waals surface area contributed by atoms with Crippen LogP contribution < -0.4 is 15.0 Å². The molecule has 2 aromatic rings. The van der Waals surface area contributed by atoms with Crippen LogP contribution in [0.5, 0.6) is 5.75 Å². The van der Waals surface area contributed by atoms with E-state index in [1.807, 2.05) is 49.4 Å². The minimum atomic E-state index is -0.710. The van der Waals surface area contributed by atoms with E-state index in [1.165, 1.54) is 9.80 Å². The fourth-order valence-electron chi connectivity index (χ4n) is 3.75. The Bertz CT molecular complexity index is 1050. The molecule has 0 aromatic heterocycles. The fourth-order valence-corrected chi connectivity index (χ4v) is 3.75. The second-order valence-corrected chi connectivity index (χ2v) is 7.16. The van der Waals surface area contributed by atoms with Gasteiger partial charge in [-0.25, -0.2) is 9.59 Å². The minimum absolute atomic E-state index is 0.0583. The zero-order chi connectivity index (χ0) is 22.0. The van der Waals surface area contributed by atoms with Crippen molar-refractivity contribution in [1.82, 2.24) is 10.2 Å². The summed E-state index contributed by atoms with van der Waals surface area (Å²) >= 11 is 0. The van der Waals surface area contributed by atoms with Crippen LogP contribution in [0.4, 0.5) is 10.5 Å². The Kier molecular flexibility index (Phi) is 5.62. The number of para-hydroxylation sites is 2. The number of carbonyl (C=O) groups is 3. The summed E-state index contributed by atoms with van der Waals surface area (Å²) < 4.78 is 10.9. The van der Waals surface area contributed by atoms with Crippen molar-refractivity contribution in [3.05, 3.63) is 71.4 Å². The van der Waals surface area contributed by atoms with E-state index in [-0.39, 0.29) is 19.1 Å². The maximum absolute atomic E-state index is 13.0. The second kappa shape index (κ2) is 8.51. The van der Waals surface area contributed by atoms with Gasteiger partial charge in [-0.1, -0.05) is 36.4 Å². The molecule has 1 unspecified atom stereocenters. The molecule has 0 radical (unpaired) electrons. The van der Waals surface area contributed by atoms with E-state index in [9.17, 15) is 14.4 Å². The third kappa shape index (κ3) is 3.84. The highest BCUT2D eigenvalue weighted by molar-refractivity contribution is 6.00. The molecule has 8 heteroatoms. The molecule has 2 aliphatic heterocycles. The van der Waals surface area contributed by atoms with Crippen LogP contribution >= 0.6 is 0 Å². The normalized spacial score (nSPS) is 17.7. The third-order valence-corrected chi connectivity index (χ3v) is 5.34. The molecule has 160 valence electrons. The summed E-state index contributed by atoms with van der Waals surface area (Å²) in [7, 11) is 1.65. The number of carbonyl (C=O) groups excluding carboxylic acids is 3. The smallest absolute Gasteiger partial charge is 0.338 e. The molecule has 2 heterocycles. The van der Waals surface area contributed by atoms with Gasteiger partial charge >= 0.3 is 12.0 Å². The molecule has 1 N–H and O–H groups in total. The summed E-state index contributed by atoms with van der Waals surface area (Å²) in [4.78, 5) is 41.2. The minimum Gasteiger partial charge on any atom is -0.494 e. The molecule has 0 bridgehead atoms. The van der Waals surface area contributed by atoms with Crippen LogP contribution in [0, 0.1) is 0 Å². The summed E-state index contributed by atoms with van der Waals surface area (Å²) in [5.41, 5.74) is 2.10. The number of urea groups is 1. The largest absolute Gasteiger partial charge is 0.494 e. The molecule has 0 aliphatic carbocycles. The highest BCUT2D eigenvalue weighted by Gasteiger charge is 2.43. The lowest BCUT2D eigenvalue weighted by Gasteiger charge is -2.33. The standard InChI is InChI=1S/C23H23N3O5/c1-3-30-18-12-8-7-11-16(18)21-20-17(14-31-22(20)28)26(23(29)24-21)13-19(27)25(2)15-9-5-4-6-10-15/h4-12,21H,3,13-14H2,1-2H3,(H,24,29). The number of nitrogens with one attached hydrogen (secondary N) is 1. The molecule has 31 heavy (non-hydrogen) atoms. The highest BCUT2D eigenvalue weighted by atomic mass is 16.5. The number of nitrogens with zero attached hydrogens (tertiary/aromatic N) is 2. The molecule has 2 aromatic carbocycles. The van der Waals surface area contributed by atoms with Gasteiger partial charge in [0, 0.05) is 18.3 Å². The molecular weight excluding hydrogens is 398 g/mol. The van der Waals surface area contributed by atoms with Crippen LogP contribution in [0.1, 0.15) is 18.5 Å². The molecule has 0 saturated carbocycles. The van der Waals surface area contributed by atoms with Crippen LogP contribution in [0.3, 0.4) is 0 Å².